The molecule has 4 heteroatoms. The van der Waals surface area contributed by atoms with Crippen molar-refractivity contribution in [2.45, 2.75) is 20.0 Å². The third kappa shape index (κ3) is 4.24. The summed E-state index contributed by atoms with van der Waals surface area (Å²) in [7, 11) is 1.37. The van der Waals surface area contributed by atoms with E-state index in [1.54, 1.807) is 12.1 Å². The Labute approximate surface area is 124 Å². The Hall–Kier alpha value is -2.49. The van der Waals surface area contributed by atoms with E-state index in [4.69, 9.17) is 4.74 Å². The largest absolute Gasteiger partial charge is 0.491 e. The first-order valence-electron chi connectivity index (χ1n) is 6.80. The zero-order valence-electron chi connectivity index (χ0n) is 12.4. The molecule has 0 spiro atoms. The van der Waals surface area contributed by atoms with Gasteiger partial charge in [0, 0.05) is 11.4 Å². The molecule has 0 saturated carbocycles. The van der Waals surface area contributed by atoms with Crippen LogP contribution in [0.5, 0.6) is 5.75 Å². The SMILES string of the molecule is COC(=O)c1ccc(Nc2ccc(OC(C)C)cc2)cc1. The van der Waals surface area contributed by atoms with Crippen LogP contribution in [0.1, 0.15) is 24.2 Å². The van der Waals surface area contributed by atoms with Gasteiger partial charge in [-0.1, -0.05) is 0 Å². The van der Waals surface area contributed by atoms with E-state index in [0.29, 0.717) is 5.56 Å². The lowest BCUT2D eigenvalue weighted by Gasteiger charge is -2.11. The predicted molar refractivity (Wildman–Crippen MR) is 83.3 cm³/mol. The molecule has 0 amide bonds. The van der Waals surface area contributed by atoms with Gasteiger partial charge in [0.05, 0.1) is 18.8 Å². The fraction of sp³-hybridized carbons (Fsp3) is 0.235. The molecule has 0 atom stereocenters. The first-order chi connectivity index (χ1) is 10.1. The number of hydrogen-bond donors (Lipinski definition) is 1. The average molecular weight is 285 g/mol. The number of esters is 1. The number of methoxy groups -OCH3 is 1. The van der Waals surface area contributed by atoms with E-state index in [-0.39, 0.29) is 12.1 Å². The lowest BCUT2D eigenvalue weighted by molar-refractivity contribution is 0.0601. The Morgan fingerprint density at radius 3 is 1.95 bits per heavy atom. The van der Waals surface area contributed by atoms with Crippen LogP contribution >= 0.6 is 0 Å². The van der Waals surface area contributed by atoms with Crippen molar-refractivity contribution in [1.82, 2.24) is 0 Å². The second kappa shape index (κ2) is 6.79. The lowest BCUT2D eigenvalue weighted by Crippen LogP contribution is -2.05. The van der Waals surface area contributed by atoms with E-state index in [0.717, 1.165) is 17.1 Å². The fourth-order valence-electron chi connectivity index (χ4n) is 1.86. The maximum atomic E-state index is 11.4. The zero-order chi connectivity index (χ0) is 15.2. The molecule has 2 rings (SSSR count). The lowest BCUT2D eigenvalue weighted by atomic mass is 10.2. The van der Waals surface area contributed by atoms with E-state index < -0.39 is 0 Å². The van der Waals surface area contributed by atoms with Crippen LogP contribution < -0.4 is 10.1 Å². The molecule has 0 aliphatic carbocycles. The summed E-state index contributed by atoms with van der Waals surface area (Å²) in [5, 5.41) is 3.26. The quantitative estimate of drug-likeness (QED) is 0.843. The highest BCUT2D eigenvalue weighted by molar-refractivity contribution is 5.89. The second-order valence-corrected chi connectivity index (χ2v) is 4.88. The predicted octanol–water partition coefficient (Wildman–Crippen LogP) is 4.00. The van der Waals surface area contributed by atoms with Crippen LogP contribution in [-0.2, 0) is 4.74 Å². The number of benzene rings is 2. The Balaban J connectivity index is 2.02. The Morgan fingerprint density at radius 1 is 0.952 bits per heavy atom. The standard InChI is InChI=1S/C17H19NO3/c1-12(2)21-16-10-8-15(9-11-16)18-14-6-4-13(5-7-14)17(19)20-3/h4-12,18H,1-3H3. The van der Waals surface area contributed by atoms with Crippen LogP contribution in [0.2, 0.25) is 0 Å². The minimum Gasteiger partial charge on any atom is -0.491 e. The minimum atomic E-state index is -0.336. The molecule has 0 bridgehead atoms. The van der Waals surface area contributed by atoms with E-state index in [1.807, 2.05) is 50.2 Å². The third-order valence-electron chi connectivity index (χ3n) is 2.82. The van der Waals surface area contributed by atoms with Gasteiger partial charge < -0.3 is 14.8 Å². The normalized spacial score (nSPS) is 10.3. The summed E-state index contributed by atoms with van der Waals surface area (Å²) in [5.74, 6) is 0.508. The van der Waals surface area contributed by atoms with Gasteiger partial charge in [0.25, 0.3) is 0 Å². The summed E-state index contributed by atoms with van der Waals surface area (Å²) in [6.07, 6.45) is 0.162. The molecule has 1 N–H and O–H groups in total. The molecular formula is C17H19NO3. The molecule has 0 aliphatic rings. The maximum Gasteiger partial charge on any atom is 0.337 e. The Kier molecular flexibility index (Phi) is 4.82. The van der Waals surface area contributed by atoms with Crippen LogP contribution in [0, 0.1) is 0 Å². The number of carbonyl (C=O) groups excluding carboxylic acids is 1. The molecule has 0 radical (unpaired) electrons. The molecular weight excluding hydrogens is 266 g/mol. The van der Waals surface area contributed by atoms with Crippen LogP contribution in [0.15, 0.2) is 48.5 Å². The fourth-order valence-corrected chi connectivity index (χ4v) is 1.86. The average Bonchev–Trinajstić information content (AvgIpc) is 2.49. The van der Waals surface area contributed by atoms with Crippen molar-refractivity contribution in [3.05, 3.63) is 54.1 Å². The van der Waals surface area contributed by atoms with Crippen molar-refractivity contribution in [2.24, 2.45) is 0 Å². The van der Waals surface area contributed by atoms with Crippen molar-refractivity contribution in [1.29, 1.82) is 0 Å². The van der Waals surface area contributed by atoms with Gasteiger partial charge in [0.15, 0.2) is 0 Å². The van der Waals surface area contributed by atoms with Crippen LogP contribution in [-0.4, -0.2) is 19.2 Å². The Bertz CT molecular complexity index is 588. The van der Waals surface area contributed by atoms with Crippen LogP contribution in [0.4, 0.5) is 11.4 Å². The number of ether oxygens (including phenoxy) is 2. The topological polar surface area (TPSA) is 47.6 Å². The van der Waals surface area contributed by atoms with Gasteiger partial charge in [-0.2, -0.15) is 0 Å². The summed E-state index contributed by atoms with van der Waals surface area (Å²) in [6, 6.07) is 14.9. The Morgan fingerprint density at radius 2 is 1.48 bits per heavy atom. The number of hydrogen-bond acceptors (Lipinski definition) is 4. The monoisotopic (exact) mass is 285 g/mol. The van der Waals surface area contributed by atoms with Crippen molar-refractivity contribution in [3.8, 4) is 5.75 Å². The van der Waals surface area contributed by atoms with Crippen LogP contribution in [0.25, 0.3) is 0 Å². The number of carbonyl (C=O) groups is 1. The minimum absolute atomic E-state index is 0.162. The van der Waals surface area contributed by atoms with Gasteiger partial charge in [-0.05, 0) is 62.4 Å². The highest BCUT2D eigenvalue weighted by atomic mass is 16.5. The van der Waals surface area contributed by atoms with Crippen molar-refractivity contribution < 1.29 is 14.3 Å². The van der Waals surface area contributed by atoms with E-state index in [9.17, 15) is 4.79 Å². The molecule has 21 heavy (non-hydrogen) atoms. The molecule has 4 nitrogen and oxygen atoms in total. The van der Waals surface area contributed by atoms with Gasteiger partial charge in [0.2, 0.25) is 0 Å². The molecule has 0 unspecified atom stereocenters. The van der Waals surface area contributed by atoms with Crippen molar-refractivity contribution >= 4 is 17.3 Å². The van der Waals surface area contributed by atoms with Crippen molar-refractivity contribution in [3.63, 3.8) is 0 Å². The smallest absolute Gasteiger partial charge is 0.337 e. The third-order valence-corrected chi connectivity index (χ3v) is 2.82. The molecule has 2 aromatic rings. The molecule has 110 valence electrons. The van der Waals surface area contributed by atoms with E-state index in [2.05, 4.69) is 10.1 Å². The molecule has 0 saturated heterocycles. The molecule has 0 aliphatic heterocycles. The first kappa shape index (κ1) is 14.9. The summed E-state index contributed by atoms with van der Waals surface area (Å²) in [6.45, 7) is 3.99. The zero-order valence-corrected chi connectivity index (χ0v) is 12.4. The second-order valence-electron chi connectivity index (χ2n) is 4.88. The van der Waals surface area contributed by atoms with E-state index in [1.165, 1.54) is 7.11 Å². The van der Waals surface area contributed by atoms with Gasteiger partial charge in [0.1, 0.15) is 5.75 Å². The maximum absolute atomic E-state index is 11.4. The number of nitrogens with one attached hydrogen (secondary N) is 1. The van der Waals surface area contributed by atoms with Crippen LogP contribution in [0.3, 0.4) is 0 Å². The molecule has 2 aromatic carbocycles. The van der Waals surface area contributed by atoms with Gasteiger partial charge in [-0.3, -0.25) is 0 Å². The van der Waals surface area contributed by atoms with Gasteiger partial charge >= 0.3 is 5.97 Å². The highest BCUT2D eigenvalue weighted by Crippen LogP contribution is 2.21. The summed E-state index contributed by atoms with van der Waals surface area (Å²) < 4.78 is 10.3. The van der Waals surface area contributed by atoms with E-state index >= 15 is 0 Å². The van der Waals surface area contributed by atoms with Gasteiger partial charge in [-0.25, -0.2) is 4.79 Å². The molecule has 0 aromatic heterocycles. The highest BCUT2D eigenvalue weighted by Gasteiger charge is 2.04. The van der Waals surface area contributed by atoms with Gasteiger partial charge in [-0.15, -0.1) is 0 Å². The summed E-state index contributed by atoms with van der Waals surface area (Å²) in [4.78, 5) is 11.4. The first-order valence-corrected chi connectivity index (χ1v) is 6.80. The number of anilines is 2. The molecule has 0 heterocycles. The summed E-state index contributed by atoms with van der Waals surface area (Å²) in [5.41, 5.74) is 2.39. The summed E-state index contributed by atoms with van der Waals surface area (Å²) >= 11 is 0. The molecule has 0 fully saturated rings. The van der Waals surface area contributed by atoms with Crippen molar-refractivity contribution in [2.75, 3.05) is 12.4 Å². The number of rotatable bonds is 5.